The van der Waals surface area contributed by atoms with Gasteiger partial charge in [0.05, 0.1) is 18.8 Å². The van der Waals surface area contributed by atoms with Crippen molar-refractivity contribution in [3.63, 3.8) is 0 Å². The summed E-state index contributed by atoms with van der Waals surface area (Å²) >= 11 is 0. The SMILES string of the molecule is CCNC(=NCC(c1ccco1)N(C)C)NC(C)CCCN(CC)CC.I. The molecule has 0 fully saturated rings. The molecular weight excluding hydrogens is 453 g/mol. The van der Waals surface area contributed by atoms with Crippen LogP contribution in [0.15, 0.2) is 27.8 Å². The number of hydrogen-bond acceptors (Lipinski definition) is 4. The smallest absolute Gasteiger partial charge is 0.191 e. The van der Waals surface area contributed by atoms with Crippen molar-refractivity contribution in [3.05, 3.63) is 24.2 Å². The Morgan fingerprint density at radius 3 is 2.44 bits per heavy atom. The van der Waals surface area contributed by atoms with Crippen molar-refractivity contribution >= 4 is 29.9 Å². The topological polar surface area (TPSA) is 56.0 Å². The highest BCUT2D eigenvalue weighted by Crippen LogP contribution is 2.18. The monoisotopic (exact) mass is 493 g/mol. The average molecular weight is 493 g/mol. The summed E-state index contributed by atoms with van der Waals surface area (Å²) in [4.78, 5) is 9.40. The summed E-state index contributed by atoms with van der Waals surface area (Å²) in [7, 11) is 4.11. The Balaban J connectivity index is 0.00000676. The highest BCUT2D eigenvalue weighted by atomic mass is 127. The minimum absolute atomic E-state index is 0. The molecule has 6 nitrogen and oxygen atoms in total. The fourth-order valence-corrected chi connectivity index (χ4v) is 2.95. The van der Waals surface area contributed by atoms with E-state index in [4.69, 9.17) is 9.41 Å². The van der Waals surface area contributed by atoms with Crippen LogP contribution in [0.4, 0.5) is 0 Å². The van der Waals surface area contributed by atoms with Crippen LogP contribution in [0.1, 0.15) is 52.3 Å². The number of aliphatic imine (C=N–C) groups is 1. The molecule has 0 bridgehead atoms. The van der Waals surface area contributed by atoms with Crippen molar-refractivity contribution in [2.45, 2.75) is 52.6 Å². The second-order valence-corrected chi connectivity index (χ2v) is 6.93. The van der Waals surface area contributed by atoms with Crippen LogP contribution in [0.3, 0.4) is 0 Å². The number of nitrogens with one attached hydrogen (secondary N) is 2. The first-order valence-electron chi connectivity index (χ1n) is 9.98. The molecule has 1 rings (SSSR count). The minimum Gasteiger partial charge on any atom is -0.468 e. The van der Waals surface area contributed by atoms with Gasteiger partial charge in [-0.2, -0.15) is 0 Å². The van der Waals surface area contributed by atoms with E-state index in [2.05, 4.69) is 62.2 Å². The van der Waals surface area contributed by atoms with E-state index in [0.717, 1.165) is 44.3 Å². The van der Waals surface area contributed by atoms with Gasteiger partial charge in [-0.1, -0.05) is 13.8 Å². The van der Waals surface area contributed by atoms with Crippen LogP contribution in [0, 0.1) is 0 Å². The lowest BCUT2D eigenvalue weighted by Gasteiger charge is -2.23. The molecule has 2 atom stereocenters. The van der Waals surface area contributed by atoms with Crippen molar-refractivity contribution in [3.8, 4) is 0 Å². The Bertz CT molecular complexity index is 489. The van der Waals surface area contributed by atoms with E-state index in [9.17, 15) is 0 Å². The molecule has 1 heterocycles. The number of halogens is 1. The standard InChI is InChI=1S/C20H39N5O.HI/c1-7-21-20(23-17(4)12-10-14-25(8-2)9-3)22-16-18(24(5)6)19-13-11-15-26-19;/h11,13,15,17-18H,7-10,12,14,16H2,1-6H3,(H2,21,22,23);1H. The summed E-state index contributed by atoms with van der Waals surface area (Å²) in [5.41, 5.74) is 0. The zero-order valence-corrected chi connectivity index (χ0v) is 20.3. The molecule has 0 amide bonds. The van der Waals surface area contributed by atoms with Crippen molar-refractivity contribution in [1.82, 2.24) is 20.4 Å². The number of furan rings is 1. The average Bonchev–Trinajstić information content (AvgIpc) is 3.13. The lowest BCUT2D eigenvalue weighted by Crippen LogP contribution is -2.43. The quantitative estimate of drug-likeness (QED) is 0.265. The van der Waals surface area contributed by atoms with Gasteiger partial charge in [-0.15, -0.1) is 24.0 Å². The molecule has 0 aromatic carbocycles. The molecule has 0 spiro atoms. The van der Waals surface area contributed by atoms with Crippen LogP contribution >= 0.6 is 24.0 Å². The summed E-state index contributed by atoms with van der Waals surface area (Å²) in [5.74, 6) is 1.82. The van der Waals surface area contributed by atoms with Gasteiger partial charge in [0.25, 0.3) is 0 Å². The Kier molecular flexibility index (Phi) is 14.7. The van der Waals surface area contributed by atoms with Gasteiger partial charge in [0.1, 0.15) is 5.76 Å². The molecule has 27 heavy (non-hydrogen) atoms. The van der Waals surface area contributed by atoms with Crippen LogP contribution in [0.25, 0.3) is 0 Å². The molecular formula is C20H40IN5O. The highest BCUT2D eigenvalue weighted by molar-refractivity contribution is 14.0. The van der Waals surface area contributed by atoms with Gasteiger partial charge >= 0.3 is 0 Å². The zero-order valence-electron chi connectivity index (χ0n) is 18.0. The summed E-state index contributed by atoms with van der Waals surface area (Å²) in [6.45, 7) is 13.7. The fourth-order valence-electron chi connectivity index (χ4n) is 2.95. The van der Waals surface area contributed by atoms with Gasteiger partial charge in [0, 0.05) is 12.6 Å². The van der Waals surface area contributed by atoms with Gasteiger partial charge in [-0.05, 0) is 72.6 Å². The minimum atomic E-state index is 0. The van der Waals surface area contributed by atoms with E-state index >= 15 is 0 Å². The van der Waals surface area contributed by atoms with Gasteiger partial charge in [-0.3, -0.25) is 9.89 Å². The van der Waals surface area contributed by atoms with Crippen molar-refractivity contribution < 1.29 is 4.42 Å². The maximum atomic E-state index is 5.57. The Morgan fingerprint density at radius 2 is 1.93 bits per heavy atom. The van der Waals surface area contributed by atoms with Crippen LogP contribution in [-0.4, -0.2) is 68.6 Å². The molecule has 1 aromatic rings. The van der Waals surface area contributed by atoms with Crippen molar-refractivity contribution in [2.24, 2.45) is 4.99 Å². The molecule has 1 aromatic heterocycles. The van der Waals surface area contributed by atoms with E-state index in [0.29, 0.717) is 12.6 Å². The second-order valence-electron chi connectivity index (χ2n) is 6.93. The third kappa shape index (κ3) is 10.4. The Hall–Kier alpha value is -0.800. The molecule has 7 heteroatoms. The molecule has 0 aliphatic rings. The van der Waals surface area contributed by atoms with E-state index in [-0.39, 0.29) is 30.0 Å². The third-order valence-corrected chi connectivity index (χ3v) is 4.65. The maximum absolute atomic E-state index is 5.57. The number of rotatable bonds is 12. The summed E-state index contributed by atoms with van der Waals surface area (Å²) in [6.07, 6.45) is 4.05. The molecule has 2 N–H and O–H groups in total. The molecule has 2 unspecified atom stereocenters. The number of hydrogen-bond donors (Lipinski definition) is 2. The fraction of sp³-hybridized carbons (Fsp3) is 0.750. The molecule has 0 aliphatic carbocycles. The molecule has 158 valence electrons. The second kappa shape index (κ2) is 15.2. The van der Waals surface area contributed by atoms with Gasteiger partial charge in [0.2, 0.25) is 0 Å². The predicted molar refractivity (Wildman–Crippen MR) is 126 cm³/mol. The Morgan fingerprint density at radius 1 is 1.22 bits per heavy atom. The zero-order chi connectivity index (χ0) is 19.4. The number of likely N-dealkylation sites (N-methyl/N-ethyl adjacent to an activating group) is 1. The van der Waals surface area contributed by atoms with Crippen molar-refractivity contribution in [1.29, 1.82) is 0 Å². The van der Waals surface area contributed by atoms with Crippen molar-refractivity contribution in [2.75, 3.05) is 46.8 Å². The summed E-state index contributed by atoms with van der Waals surface area (Å²) in [5, 5.41) is 6.89. The molecule has 0 radical (unpaired) electrons. The van der Waals surface area contributed by atoms with Gasteiger partial charge < -0.3 is 20.0 Å². The Labute approximate surface area is 183 Å². The van der Waals surface area contributed by atoms with E-state index in [1.807, 2.05) is 12.1 Å². The van der Waals surface area contributed by atoms with Crippen LogP contribution < -0.4 is 10.6 Å². The number of guanidine groups is 1. The first-order chi connectivity index (χ1) is 12.5. The first kappa shape index (κ1) is 26.2. The largest absolute Gasteiger partial charge is 0.468 e. The molecule has 0 aliphatic heterocycles. The van der Waals surface area contributed by atoms with E-state index in [1.165, 1.54) is 6.42 Å². The predicted octanol–water partition coefficient (Wildman–Crippen LogP) is 3.57. The van der Waals surface area contributed by atoms with Gasteiger partial charge in [-0.25, -0.2) is 0 Å². The van der Waals surface area contributed by atoms with Crippen LogP contribution in [0.2, 0.25) is 0 Å². The van der Waals surface area contributed by atoms with E-state index in [1.54, 1.807) is 6.26 Å². The summed E-state index contributed by atoms with van der Waals surface area (Å²) in [6, 6.07) is 4.47. The first-order valence-corrected chi connectivity index (χ1v) is 9.98. The van der Waals surface area contributed by atoms with Crippen LogP contribution in [0.5, 0.6) is 0 Å². The molecule has 0 saturated heterocycles. The highest BCUT2D eigenvalue weighted by Gasteiger charge is 2.17. The number of nitrogens with zero attached hydrogens (tertiary/aromatic N) is 3. The normalized spacial score (nSPS) is 14.1. The lowest BCUT2D eigenvalue weighted by molar-refractivity contribution is 0.264. The van der Waals surface area contributed by atoms with Crippen LogP contribution in [-0.2, 0) is 0 Å². The summed E-state index contributed by atoms with van der Waals surface area (Å²) < 4.78 is 5.57. The van der Waals surface area contributed by atoms with E-state index < -0.39 is 0 Å². The third-order valence-electron chi connectivity index (χ3n) is 4.65. The molecule has 0 saturated carbocycles. The maximum Gasteiger partial charge on any atom is 0.191 e. The van der Waals surface area contributed by atoms with Gasteiger partial charge in [0.15, 0.2) is 5.96 Å². The lowest BCUT2D eigenvalue weighted by atomic mass is 10.2.